The Morgan fingerprint density at radius 1 is 1.64 bits per heavy atom. The van der Waals surface area contributed by atoms with E-state index in [1.165, 1.54) is 0 Å². The van der Waals surface area contributed by atoms with Gasteiger partial charge < -0.3 is 10.3 Å². The van der Waals surface area contributed by atoms with Gasteiger partial charge in [0, 0.05) is 18.8 Å². The number of anilines is 1. The molecule has 0 aromatic carbocycles. The van der Waals surface area contributed by atoms with E-state index >= 15 is 0 Å². The van der Waals surface area contributed by atoms with E-state index < -0.39 is 0 Å². The van der Waals surface area contributed by atoms with Crippen molar-refractivity contribution in [1.82, 2.24) is 14.9 Å². The van der Waals surface area contributed by atoms with Gasteiger partial charge in [-0.05, 0) is 38.3 Å². The lowest BCUT2D eigenvalue weighted by atomic mass is 10.2. The number of nitrogens with zero attached hydrogens (tertiary/aromatic N) is 4. The molecule has 118 valence electrons. The first-order valence-electron chi connectivity index (χ1n) is 7.79. The third-order valence-electron chi connectivity index (χ3n) is 4.07. The molecule has 1 N–H and O–H groups in total. The van der Waals surface area contributed by atoms with E-state index in [9.17, 15) is 4.79 Å². The maximum atomic E-state index is 12.5. The van der Waals surface area contributed by atoms with Crippen LogP contribution in [0.3, 0.4) is 0 Å². The Kier molecular flexibility index (Phi) is 5.73. The third kappa shape index (κ3) is 3.95. The van der Waals surface area contributed by atoms with Crippen LogP contribution in [0.1, 0.15) is 33.1 Å². The second-order valence-electron chi connectivity index (χ2n) is 5.59. The number of hydrogen-bond donors (Lipinski definition) is 1. The van der Waals surface area contributed by atoms with Gasteiger partial charge in [0.1, 0.15) is 11.9 Å². The van der Waals surface area contributed by atoms with E-state index in [1.54, 1.807) is 11.1 Å². The predicted molar refractivity (Wildman–Crippen MR) is 84.7 cm³/mol. The summed E-state index contributed by atoms with van der Waals surface area (Å²) < 4.78 is 0. The van der Waals surface area contributed by atoms with E-state index in [4.69, 9.17) is 5.26 Å². The van der Waals surface area contributed by atoms with Crippen LogP contribution in [0.4, 0.5) is 5.82 Å². The van der Waals surface area contributed by atoms with Crippen LogP contribution in [0.5, 0.6) is 0 Å². The van der Waals surface area contributed by atoms with Gasteiger partial charge in [0.05, 0.1) is 12.6 Å². The normalized spacial score (nSPS) is 19.0. The smallest absolute Gasteiger partial charge is 0.239 e. The Morgan fingerprint density at radius 3 is 3.09 bits per heavy atom. The van der Waals surface area contributed by atoms with Crippen LogP contribution >= 0.6 is 0 Å². The summed E-state index contributed by atoms with van der Waals surface area (Å²) in [6.45, 7) is 5.06. The van der Waals surface area contributed by atoms with Crippen molar-refractivity contribution in [2.24, 2.45) is 0 Å². The number of carbonyl (C=O) groups is 1. The summed E-state index contributed by atoms with van der Waals surface area (Å²) in [6.07, 6.45) is 4.31. The maximum absolute atomic E-state index is 12.5. The SMILES string of the molecule is CC[C@H](C)N(CC(=O)N1CCCC1C#N)Nc1ccccn1. The number of rotatable bonds is 6. The summed E-state index contributed by atoms with van der Waals surface area (Å²) in [4.78, 5) is 18.4. The predicted octanol–water partition coefficient (Wildman–Crippen LogP) is 2.02. The van der Waals surface area contributed by atoms with E-state index in [2.05, 4.69) is 30.3 Å². The van der Waals surface area contributed by atoms with Gasteiger partial charge in [0.15, 0.2) is 0 Å². The second-order valence-corrected chi connectivity index (χ2v) is 5.59. The number of pyridine rings is 1. The number of aromatic nitrogens is 1. The molecule has 0 spiro atoms. The highest BCUT2D eigenvalue weighted by molar-refractivity contribution is 5.79. The molecular weight excluding hydrogens is 278 g/mol. The van der Waals surface area contributed by atoms with Crippen molar-refractivity contribution in [2.45, 2.75) is 45.2 Å². The molecule has 0 radical (unpaired) electrons. The van der Waals surface area contributed by atoms with Gasteiger partial charge >= 0.3 is 0 Å². The lowest BCUT2D eigenvalue weighted by molar-refractivity contribution is -0.132. The number of hydrogen-bond acceptors (Lipinski definition) is 5. The van der Waals surface area contributed by atoms with E-state index in [1.807, 2.05) is 23.2 Å². The molecular formula is C16H23N5O. The Labute approximate surface area is 131 Å². The van der Waals surface area contributed by atoms with E-state index in [0.29, 0.717) is 12.4 Å². The molecule has 22 heavy (non-hydrogen) atoms. The fourth-order valence-corrected chi connectivity index (χ4v) is 2.54. The highest BCUT2D eigenvalue weighted by Gasteiger charge is 2.30. The summed E-state index contributed by atoms with van der Waals surface area (Å²) in [5, 5.41) is 11.0. The standard InChI is InChI=1S/C16H23N5O/c1-3-13(2)21(19-15-8-4-5-9-18-15)12-16(22)20-10-6-7-14(20)11-17/h4-5,8-9,13-14H,3,6-7,10,12H2,1-2H3,(H,18,19)/t13-,14?/m0/s1. The largest absolute Gasteiger partial charge is 0.325 e. The fourth-order valence-electron chi connectivity index (χ4n) is 2.54. The molecule has 0 bridgehead atoms. The molecule has 1 aliphatic heterocycles. The summed E-state index contributed by atoms with van der Waals surface area (Å²) in [6, 6.07) is 7.75. The summed E-state index contributed by atoms with van der Waals surface area (Å²) in [5.41, 5.74) is 3.21. The van der Waals surface area contributed by atoms with Crippen molar-refractivity contribution < 1.29 is 4.79 Å². The zero-order valence-corrected chi connectivity index (χ0v) is 13.2. The molecule has 1 unspecified atom stereocenters. The molecule has 1 amide bonds. The lowest BCUT2D eigenvalue weighted by Crippen LogP contribution is -2.47. The fraction of sp³-hybridized carbons (Fsp3) is 0.562. The van der Waals surface area contributed by atoms with Gasteiger partial charge in [-0.2, -0.15) is 5.26 Å². The number of amides is 1. The number of carbonyl (C=O) groups excluding carboxylic acids is 1. The lowest BCUT2D eigenvalue weighted by Gasteiger charge is -2.31. The number of hydrazine groups is 1. The molecule has 1 fully saturated rings. The van der Waals surface area contributed by atoms with Crippen molar-refractivity contribution >= 4 is 11.7 Å². The first-order chi connectivity index (χ1) is 10.7. The molecule has 2 atom stereocenters. The molecule has 1 saturated heterocycles. The Balaban J connectivity index is 2.03. The first-order valence-corrected chi connectivity index (χ1v) is 7.79. The quantitative estimate of drug-likeness (QED) is 0.814. The molecule has 6 nitrogen and oxygen atoms in total. The van der Waals surface area contributed by atoms with Gasteiger partial charge in [-0.1, -0.05) is 13.0 Å². The topological polar surface area (TPSA) is 72.3 Å². The van der Waals surface area contributed by atoms with E-state index in [-0.39, 0.29) is 24.5 Å². The van der Waals surface area contributed by atoms with Gasteiger partial charge in [0.2, 0.25) is 5.91 Å². The Morgan fingerprint density at radius 2 is 2.45 bits per heavy atom. The van der Waals surface area contributed by atoms with Gasteiger partial charge in [-0.15, -0.1) is 0 Å². The average molecular weight is 301 g/mol. The zero-order valence-electron chi connectivity index (χ0n) is 13.2. The molecule has 6 heteroatoms. The zero-order chi connectivity index (χ0) is 15.9. The van der Waals surface area contributed by atoms with Crippen LogP contribution in [0.15, 0.2) is 24.4 Å². The number of nitrogens with one attached hydrogen (secondary N) is 1. The monoisotopic (exact) mass is 301 g/mol. The van der Waals surface area contributed by atoms with Crippen LogP contribution < -0.4 is 5.43 Å². The Bertz CT molecular complexity index is 527. The highest BCUT2D eigenvalue weighted by atomic mass is 16.2. The van der Waals surface area contributed by atoms with Crippen LogP contribution in [0, 0.1) is 11.3 Å². The minimum atomic E-state index is -0.277. The van der Waals surface area contributed by atoms with Crippen molar-refractivity contribution in [3.8, 4) is 6.07 Å². The van der Waals surface area contributed by atoms with Gasteiger partial charge in [0.25, 0.3) is 0 Å². The molecule has 1 aliphatic rings. The van der Waals surface area contributed by atoms with Gasteiger partial charge in [-0.3, -0.25) is 4.79 Å². The van der Waals surface area contributed by atoms with Gasteiger partial charge in [-0.25, -0.2) is 9.99 Å². The van der Waals surface area contributed by atoms with Crippen LogP contribution in [-0.2, 0) is 4.79 Å². The van der Waals surface area contributed by atoms with Crippen LogP contribution in [0.2, 0.25) is 0 Å². The van der Waals surface area contributed by atoms with E-state index in [0.717, 1.165) is 19.3 Å². The minimum absolute atomic E-state index is 0.00668. The molecule has 0 saturated carbocycles. The molecule has 2 heterocycles. The summed E-state index contributed by atoms with van der Waals surface area (Å²) in [7, 11) is 0. The van der Waals surface area contributed by atoms with Crippen LogP contribution in [0.25, 0.3) is 0 Å². The average Bonchev–Trinajstić information content (AvgIpc) is 3.03. The minimum Gasteiger partial charge on any atom is -0.325 e. The second kappa shape index (κ2) is 7.76. The number of nitriles is 1. The molecule has 1 aromatic heterocycles. The third-order valence-corrected chi connectivity index (χ3v) is 4.07. The first kappa shape index (κ1) is 16.2. The molecule has 2 rings (SSSR count). The molecule has 0 aliphatic carbocycles. The summed E-state index contributed by atoms with van der Waals surface area (Å²) >= 11 is 0. The Hall–Kier alpha value is -2.13. The highest BCUT2D eigenvalue weighted by Crippen LogP contribution is 2.17. The van der Waals surface area contributed by atoms with Crippen molar-refractivity contribution in [3.63, 3.8) is 0 Å². The van der Waals surface area contributed by atoms with Crippen molar-refractivity contribution in [2.75, 3.05) is 18.5 Å². The summed E-state index contributed by atoms with van der Waals surface area (Å²) in [5.74, 6) is 0.710. The molecule has 1 aromatic rings. The van der Waals surface area contributed by atoms with Crippen molar-refractivity contribution in [1.29, 1.82) is 5.26 Å². The maximum Gasteiger partial charge on any atom is 0.239 e. The van der Waals surface area contributed by atoms with Crippen LogP contribution in [-0.4, -0.2) is 46.0 Å². The number of likely N-dealkylation sites (tertiary alicyclic amines) is 1. The van der Waals surface area contributed by atoms with Crippen molar-refractivity contribution in [3.05, 3.63) is 24.4 Å².